The van der Waals surface area contributed by atoms with Crippen molar-refractivity contribution < 1.29 is 25.2 Å². The Balaban J connectivity index is 2.60. The van der Waals surface area contributed by atoms with Gasteiger partial charge in [0.2, 0.25) is 0 Å². The molecule has 0 aromatic rings. The largest absolute Gasteiger partial charge is 0.270 e. The average Bonchev–Trinajstić information content (AvgIpc) is 2.27. The second-order valence-corrected chi connectivity index (χ2v) is 8.42. The van der Waals surface area contributed by atoms with Gasteiger partial charge in [0.05, 0.1) is 25.7 Å². The molecule has 0 amide bonds. The molecule has 0 aromatic carbocycles. The van der Waals surface area contributed by atoms with Crippen LogP contribution < -0.4 is 0 Å². The van der Waals surface area contributed by atoms with Crippen molar-refractivity contribution in [1.29, 1.82) is 0 Å². The van der Waals surface area contributed by atoms with E-state index in [0.29, 0.717) is 0 Å². The molecular formula is C11H22O6S2. The summed E-state index contributed by atoms with van der Waals surface area (Å²) in [5.74, 6) is 0.0574. The first-order chi connectivity index (χ1) is 8.67. The SMILES string of the molecule is CS(=O)(=O)OCC(COS(C)(=O)=O)C1CCCCC1. The van der Waals surface area contributed by atoms with Gasteiger partial charge in [-0.25, -0.2) is 0 Å². The summed E-state index contributed by atoms with van der Waals surface area (Å²) in [5, 5.41) is 0. The summed E-state index contributed by atoms with van der Waals surface area (Å²) in [4.78, 5) is 0. The van der Waals surface area contributed by atoms with Crippen molar-refractivity contribution in [2.24, 2.45) is 11.8 Å². The van der Waals surface area contributed by atoms with Crippen molar-refractivity contribution in [3.63, 3.8) is 0 Å². The number of hydrogen-bond donors (Lipinski definition) is 0. The lowest BCUT2D eigenvalue weighted by Gasteiger charge is -2.29. The van der Waals surface area contributed by atoms with Crippen LogP contribution in [0.1, 0.15) is 32.1 Å². The van der Waals surface area contributed by atoms with Crippen molar-refractivity contribution >= 4 is 20.2 Å². The van der Waals surface area contributed by atoms with Gasteiger partial charge < -0.3 is 0 Å². The highest BCUT2D eigenvalue weighted by atomic mass is 32.2. The van der Waals surface area contributed by atoms with Crippen molar-refractivity contribution in [2.75, 3.05) is 25.7 Å². The quantitative estimate of drug-likeness (QED) is 0.655. The van der Waals surface area contributed by atoms with Crippen LogP contribution in [0, 0.1) is 11.8 Å². The second-order valence-electron chi connectivity index (χ2n) is 5.14. The maximum absolute atomic E-state index is 11.0. The fraction of sp³-hybridized carbons (Fsp3) is 1.00. The second kappa shape index (κ2) is 7.01. The first-order valence-corrected chi connectivity index (χ1v) is 9.99. The standard InChI is InChI=1S/C11H22O6S2/c1-18(12,13)16-8-11(9-17-19(2,14)15)10-6-4-3-5-7-10/h10-11H,3-9H2,1-2H3. The zero-order valence-corrected chi connectivity index (χ0v) is 13.0. The lowest BCUT2D eigenvalue weighted by Crippen LogP contribution is -2.28. The van der Waals surface area contributed by atoms with Gasteiger partial charge in [0, 0.05) is 5.92 Å². The molecule has 1 aliphatic rings. The minimum absolute atomic E-state index is 0.0149. The fourth-order valence-electron chi connectivity index (χ4n) is 2.35. The molecule has 0 bridgehead atoms. The van der Waals surface area contributed by atoms with Gasteiger partial charge in [0.25, 0.3) is 20.2 Å². The van der Waals surface area contributed by atoms with Crippen molar-refractivity contribution in [1.82, 2.24) is 0 Å². The molecule has 0 saturated heterocycles. The van der Waals surface area contributed by atoms with Crippen LogP contribution in [0.5, 0.6) is 0 Å². The van der Waals surface area contributed by atoms with E-state index < -0.39 is 20.2 Å². The molecule has 0 aliphatic heterocycles. The predicted molar refractivity (Wildman–Crippen MR) is 71.7 cm³/mol. The average molecular weight is 314 g/mol. The third-order valence-corrected chi connectivity index (χ3v) is 4.44. The molecule has 0 aromatic heterocycles. The number of hydrogen-bond acceptors (Lipinski definition) is 6. The van der Waals surface area contributed by atoms with Crippen LogP contribution in [0.2, 0.25) is 0 Å². The van der Waals surface area contributed by atoms with E-state index in [1.165, 1.54) is 6.42 Å². The van der Waals surface area contributed by atoms with Crippen molar-refractivity contribution in [3.8, 4) is 0 Å². The van der Waals surface area contributed by atoms with E-state index >= 15 is 0 Å². The van der Waals surface area contributed by atoms with E-state index in [1.807, 2.05) is 0 Å². The number of rotatable bonds is 7. The molecule has 1 saturated carbocycles. The van der Waals surface area contributed by atoms with Crippen LogP contribution in [0.15, 0.2) is 0 Å². The Kier molecular flexibility index (Phi) is 6.22. The van der Waals surface area contributed by atoms with Crippen LogP contribution >= 0.6 is 0 Å². The van der Waals surface area contributed by atoms with Gasteiger partial charge in [-0.15, -0.1) is 0 Å². The molecule has 0 spiro atoms. The lowest BCUT2D eigenvalue weighted by atomic mass is 9.81. The summed E-state index contributed by atoms with van der Waals surface area (Å²) in [6.07, 6.45) is 7.24. The molecule has 0 N–H and O–H groups in total. The molecule has 19 heavy (non-hydrogen) atoms. The molecule has 0 unspecified atom stereocenters. The first kappa shape index (κ1) is 16.9. The fourth-order valence-corrected chi connectivity index (χ4v) is 3.19. The third kappa shape index (κ3) is 7.86. The van der Waals surface area contributed by atoms with Crippen molar-refractivity contribution in [3.05, 3.63) is 0 Å². The van der Waals surface area contributed by atoms with E-state index in [2.05, 4.69) is 0 Å². The third-order valence-electron chi connectivity index (χ3n) is 3.31. The molecule has 114 valence electrons. The molecule has 1 rings (SSSR count). The molecule has 1 fully saturated rings. The molecule has 8 heteroatoms. The Hall–Kier alpha value is -0.180. The first-order valence-electron chi connectivity index (χ1n) is 6.36. The van der Waals surface area contributed by atoms with Gasteiger partial charge in [-0.1, -0.05) is 32.1 Å². The minimum atomic E-state index is -3.52. The summed E-state index contributed by atoms with van der Waals surface area (Å²) in [5.41, 5.74) is 0. The van der Waals surface area contributed by atoms with Gasteiger partial charge in [-0.05, 0) is 5.92 Å². The highest BCUT2D eigenvalue weighted by Crippen LogP contribution is 2.30. The van der Waals surface area contributed by atoms with Gasteiger partial charge >= 0.3 is 0 Å². The summed E-state index contributed by atoms with van der Waals surface area (Å²) >= 11 is 0. The molecule has 1 aliphatic carbocycles. The van der Waals surface area contributed by atoms with Crippen LogP contribution in [0.25, 0.3) is 0 Å². The topological polar surface area (TPSA) is 86.7 Å². The van der Waals surface area contributed by atoms with Crippen LogP contribution in [0.4, 0.5) is 0 Å². The molecule has 0 heterocycles. The summed E-state index contributed by atoms with van der Waals surface area (Å²) in [7, 11) is -7.03. The Bertz CT molecular complexity index is 425. The van der Waals surface area contributed by atoms with Crippen LogP contribution in [0.3, 0.4) is 0 Å². The Labute approximate surface area is 115 Å². The zero-order chi connectivity index (χ0) is 14.5. The van der Waals surface area contributed by atoms with E-state index in [-0.39, 0.29) is 25.0 Å². The smallest absolute Gasteiger partial charge is 0.264 e. The maximum Gasteiger partial charge on any atom is 0.264 e. The molecule has 0 radical (unpaired) electrons. The Morgan fingerprint density at radius 3 is 1.68 bits per heavy atom. The van der Waals surface area contributed by atoms with E-state index in [0.717, 1.165) is 38.2 Å². The zero-order valence-electron chi connectivity index (χ0n) is 11.4. The van der Waals surface area contributed by atoms with Gasteiger partial charge in [-0.3, -0.25) is 8.37 Å². The summed E-state index contributed by atoms with van der Waals surface area (Å²) < 4.78 is 53.8. The van der Waals surface area contributed by atoms with E-state index in [9.17, 15) is 16.8 Å². The predicted octanol–water partition coefficient (Wildman–Crippen LogP) is 1.14. The highest BCUT2D eigenvalue weighted by Gasteiger charge is 2.26. The molecule has 0 atom stereocenters. The van der Waals surface area contributed by atoms with Gasteiger partial charge in [0.1, 0.15) is 0 Å². The summed E-state index contributed by atoms with van der Waals surface area (Å²) in [6, 6.07) is 0. The molecule has 6 nitrogen and oxygen atoms in total. The minimum Gasteiger partial charge on any atom is -0.270 e. The van der Waals surface area contributed by atoms with E-state index in [1.54, 1.807) is 0 Å². The van der Waals surface area contributed by atoms with E-state index in [4.69, 9.17) is 8.37 Å². The molecular weight excluding hydrogens is 292 g/mol. The Morgan fingerprint density at radius 2 is 1.32 bits per heavy atom. The summed E-state index contributed by atoms with van der Waals surface area (Å²) in [6.45, 7) is -0.0297. The highest BCUT2D eigenvalue weighted by molar-refractivity contribution is 7.86. The monoisotopic (exact) mass is 314 g/mol. The Morgan fingerprint density at radius 1 is 0.895 bits per heavy atom. The maximum atomic E-state index is 11.0. The van der Waals surface area contributed by atoms with Gasteiger partial charge in [-0.2, -0.15) is 16.8 Å². The van der Waals surface area contributed by atoms with Gasteiger partial charge in [0.15, 0.2) is 0 Å². The van der Waals surface area contributed by atoms with Crippen LogP contribution in [-0.4, -0.2) is 42.6 Å². The normalized spacial score (nSPS) is 18.9. The van der Waals surface area contributed by atoms with Crippen LogP contribution in [-0.2, 0) is 28.6 Å². The van der Waals surface area contributed by atoms with Crippen molar-refractivity contribution in [2.45, 2.75) is 32.1 Å². The lowest BCUT2D eigenvalue weighted by molar-refractivity contribution is 0.116.